The summed E-state index contributed by atoms with van der Waals surface area (Å²) in [6.45, 7) is 0.114. The maximum Gasteiger partial charge on any atom is 0.451 e. The van der Waals surface area contributed by atoms with Crippen LogP contribution in [0.2, 0.25) is 0 Å². The fourth-order valence-corrected chi connectivity index (χ4v) is 5.81. The molecule has 2 fully saturated rings. The van der Waals surface area contributed by atoms with Gasteiger partial charge in [0.2, 0.25) is 5.82 Å². The van der Waals surface area contributed by atoms with E-state index in [1.165, 1.54) is 4.90 Å². The first-order valence-corrected chi connectivity index (χ1v) is 13.3. The molecule has 42 heavy (non-hydrogen) atoms. The predicted molar refractivity (Wildman–Crippen MR) is 141 cm³/mol. The van der Waals surface area contributed by atoms with Crippen LogP contribution in [-0.4, -0.2) is 68.7 Å². The number of carbonyl (C=O) groups is 1. The molecule has 2 aliphatic heterocycles. The molecule has 0 spiro atoms. The highest BCUT2D eigenvalue weighted by molar-refractivity contribution is 6.06. The third-order valence-electron chi connectivity index (χ3n) is 7.69. The Bertz CT molecular complexity index is 1820. The molecule has 2 aromatic carbocycles. The van der Waals surface area contributed by atoms with E-state index in [1.54, 1.807) is 53.1 Å². The lowest BCUT2D eigenvalue weighted by Gasteiger charge is -2.29. The number of hydrogen-bond donors (Lipinski definition) is 1. The maximum absolute atomic E-state index is 15.0. The van der Waals surface area contributed by atoms with Crippen LogP contribution in [0.5, 0.6) is 6.01 Å². The number of anilines is 1. The number of ether oxygens (including phenoxy) is 2. The van der Waals surface area contributed by atoms with E-state index < -0.39 is 42.3 Å². The van der Waals surface area contributed by atoms with Crippen molar-refractivity contribution >= 4 is 44.9 Å². The molecule has 5 aromatic rings. The van der Waals surface area contributed by atoms with Crippen molar-refractivity contribution in [1.82, 2.24) is 19.5 Å². The number of carboxylic acids is 1. The molecule has 4 atom stereocenters. The summed E-state index contributed by atoms with van der Waals surface area (Å²) in [5.74, 6) is -3.00. The molecule has 0 amide bonds. The van der Waals surface area contributed by atoms with E-state index in [1.807, 2.05) is 0 Å². The number of imidazole rings is 1. The van der Waals surface area contributed by atoms with Crippen LogP contribution in [-0.2, 0) is 15.7 Å². The van der Waals surface area contributed by atoms with E-state index in [2.05, 4.69) is 15.0 Å². The molecule has 0 bridgehead atoms. The van der Waals surface area contributed by atoms with Crippen LogP contribution in [0.4, 0.5) is 23.4 Å². The summed E-state index contributed by atoms with van der Waals surface area (Å²) in [5.41, 5.74) is 1.34. The van der Waals surface area contributed by atoms with Crippen molar-refractivity contribution in [2.45, 2.75) is 43.4 Å². The molecular weight excluding hydrogens is 562 g/mol. The summed E-state index contributed by atoms with van der Waals surface area (Å²) < 4.78 is 75.7. The highest BCUT2D eigenvalue weighted by Gasteiger charge is 2.44. The first-order chi connectivity index (χ1) is 20.2. The monoisotopic (exact) mass is 585 g/mol. The molecule has 1 N–H and O–H groups in total. The van der Waals surface area contributed by atoms with Gasteiger partial charge in [-0.1, -0.05) is 24.3 Å². The van der Waals surface area contributed by atoms with E-state index in [9.17, 15) is 23.1 Å². The van der Waals surface area contributed by atoms with E-state index in [0.717, 1.165) is 0 Å². The molecule has 10 nitrogen and oxygen atoms in total. The predicted octanol–water partition coefficient (Wildman–Crippen LogP) is 5.15. The summed E-state index contributed by atoms with van der Waals surface area (Å²) in [4.78, 5) is 25.7. The number of halogens is 4. The van der Waals surface area contributed by atoms with Gasteiger partial charge in [0, 0.05) is 18.4 Å². The van der Waals surface area contributed by atoms with Crippen LogP contribution in [0.1, 0.15) is 24.7 Å². The summed E-state index contributed by atoms with van der Waals surface area (Å²) in [6.07, 6.45) is -6.78. The first-order valence-electron chi connectivity index (χ1n) is 13.3. The molecule has 2 aliphatic rings. The number of nitrogens with zero attached hydrogens (tertiary/aromatic N) is 5. The number of alkyl halides is 4. The van der Waals surface area contributed by atoms with Gasteiger partial charge in [-0.15, -0.1) is 0 Å². The Labute approximate surface area is 234 Å². The lowest BCUT2D eigenvalue weighted by atomic mass is 10.1. The van der Waals surface area contributed by atoms with Gasteiger partial charge < -0.3 is 23.9 Å². The number of rotatable bonds is 5. The highest BCUT2D eigenvalue weighted by Crippen LogP contribution is 2.40. The van der Waals surface area contributed by atoms with Gasteiger partial charge in [-0.3, -0.25) is 4.57 Å². The van der Waals surface area contributed by atoms with Crippen molar-refractivity contribution in [2.24, 2.45) is 0 Å². The lowest BCUT2D eigenvalue weighted by molar-refractivity contribution is -0.144. The SMILES string of the molecule is O=C(O)[C@@H]1C[C@H](Oc2nc3ccccc3n2C2CCOC[C@@H]2F)CN1c1nc(C(F)(F)F)nc2c1oc1ccccc12. The maximum atomic E-state index is 15.0. The van der Waals surface area contributed by atoms with Gasteiger partial charge in [0.25, 0.3) is 6.01 Å². The molecule has 7 rings (SSSR count). The van der Waals surface area contributed by atoms with Gasteiger partial charge in [0.1, 0.15) is 29.4 Å². The molecule has 218 valence electrons. The van der Waals surface area contributed by atoms with Gasteiger partial charge in [-0.25, -0.2) is 19.2 Å². The quantitative estimate of drug-likeness (QED) is 0.280. The second kappa shape index (κ2) is 9.82. The van der Waals surface area contributed by atoms with Crippen LogP contribution in [0.3, 0.4) is 0 Å². The fraction of sp³-hybridized carbons (Fsp3) is 0.357. The third-order valence-corrected chi connectivity index (χ3v) is 7.69. The van der Waals surface area contributed by atoms with Gasteiger partial charge in [-0.05, 0) is 30.7 Å². The zero-order valence-electron chi connectivity index (χ0n) is 21.8. The van der Waals surface area contributed by atoms with Crippen molar-refractivity contribution in [3.63, 3.8) is 0 Å². The van der Waals surface area contributed by atoms with E-state index in [0.29, 0.717) is 29.4 Å². The largest absolute Gasteiger partial charge is 0.480 e. The number of aliphatic carboxylic acids is 1. The molecule has 3 aromatic heterocycles. The number of hydrogen-bond acceptors (Lipinski definition) is 8. The highest BCUT2D eigenvalue weighted by atomic mass is 19.4. The Morgan fingerprint density at radius 1 is 1.07 bits per heavy atom. The topological polar surface area (TPSA) is 116 Å². The van der Waals surface area contributed by atoms with E-state index in [4.69, 9.17) is 13.9 Å². The summed E-state index contributed by atoms with van der Waals surface area (Å²) in [7, 11) is 0. The van der Waals surface area contributed by atoms with Crippen LogP contribution in [0.15, 0.2) is 52.9 Å². The zero-order valence-corrected chi connectivity index (χ0v) is 21.8. The molecule has 0 aliphatic carbocycles. The standard InChI is InChI=1S/C28H23F4N5O5/c29-16-13-40-10-9-18(16)37-19-7-3-2-6-17(19)33-27(37)41-14-11-20(25(38)39)36(12-14)24-23-22(34-26(35-24)28(30,31)32)15-5-1-4-8-21(15)42-23/h1-8,14,16,18,20H,9-13H2,(H,38,39)/t14-,16-,18?,20-/m0/s1. The summed E-state index contributed by atoms with van der Waals surface area (Å²) in [6, 6.07) is 11.7. The fourth-order valence-electron chi connectivity index (χ4n) is 5.81. The number of aromatic nitrogens is 4. The molecule has 0 saturated carbocycles. The average Bonchev–Trinajstić information content (AvgIpc) is 3.66. The Morgan fingerprint density at radius 3 is 2.64 bits per heavy atom. The minimum absolute atomic E-state index is 0.0641. The van der Waals surface area contributed by atoms with Crippen LogP contribution in [0.25, 0.3) is 33.1 Å². The number of fused-ring (bicyclic) bond motifs is 4. The van der Waals surface area contributed by atoms with Gasteiger partial charge in [0.05, 0.1) is 30.2 Å². The zero-order chi connectivity index (χ0) is 29.2. The van der Waals surface area contributed by atoms with E-state index >= 15 is 4.39 Å². The van der Waals surface area contributed by atoms with Crippen LogP contribution in [0, 0.1) is 0 Å². The van der Waals surface area contributed by atoms with Crippen molar-refractivity contribution in [2.75, 3.05) is 24.7 Å². The number of para-hydroxylation sites is 3. The number of benzene rings is 2. The molecule has 0 radical (unpaired) electrons. The molecule has 2 saturated heterocycles. The molecular formula is C28H23F4N5O5. The second-order valence-corrected chi connectivity index (χ2v) is 10.3. The molecule has 5 heterocycles. The third kappa shape index (κ3) is 4.37. The lowest BCUT2D eigenvalue weighted by Crippen LogP contribution is -2.37. The Morgan fingerprint density at radius 2 is 1.86 bits per heavy atom. The average molecular weight is 586 g/mol. The van der Waals surface area contributed by atoms with Crippen molar-refractivity contribution in [3.8, 4) is 6.01 Å². The summed E-state index contributed by atoms with van der Waals surface area (Å²) >= 11 is 0. The normalized spacial score (nSPS) is 23.3. The van der Waals surface area contributed by atoms with Gasteiger partial charge >= 0.3 is 12.1 Å². The molecule has 14 heteroatoms. The Balaban J connectivity index is 1.30. The van der Waals surface area contributed by atoms with Crippen LogP contribution < -0.4 is 9.64 Å². The van der Waals surface area contributed by atoms with Gasteiger partial charge in [0.15, 0.2) is 11.4 Å². The van der Waals surface area contributed by atoms with Crippen molar-refractivity contribution in [3.05, 3.63) is 54.4 Å². The molecule has 1 unspecified atom stereocenters. The first kappa shape index (κ1) is 26.4. The summed E-state index contributed by atoms with van der Waals surface area (Å²) in [5, 5.41) is 10.4. The Hall–Kier alpha value is -4.46. The van der Waals surface area contributed by atoms with Crippen molar-refractivity contribution in [1.29, 1.82) is 0 Å². The minimum atomic E-state index is -4.90. The minimum Gasteiger partial charge on any atom is -0.480 e. The second-order valence-electron chi connectivity index (χ2n) is 10.3. The van der Waals surface area contributed by atoms with E-state index in [-0.39, 0.29) is 48.1 Å². The number of carboxylic acid groups (broad SMARTS) is 1. The van der Waals surface area contributed by atoms with Crippen molar-refractivity contribution < 1.29 is 41.4 Å². The smallest absolute Gasteiger partial charge is 0.451 e. The van der Waals surface area contributed by atoms with Gasteiger partial charge in [-0.2, -0.15) is 18.2 Å². The van der Waals surface area contributed by atoms with Crippen LogP contribution >= 0.6 is 0 Å². The number of furan rings is 1. The Kier molecular flexibility index (Phi) is 6.18.